The number of aliphatic carboxylic acids is 1. The topological polar surface area (TPSA) is 79.7 Å². The number of amides is 1. The zero-order valence-corrected chi connectivity index (χ0v) is 16.6. The highest BCUT2D eigenvalue weighted by Crippen LogP contribution is 2.44. The Morgan fingerprint density at radius 1 is 1.14 bits per heavy atom. The number of likely N-dealkylation sites (N-methyl/N-ethyl adjacent to an activating group) is 1. The lowest BCUT2D eigenvalue weighted by Crippen LogP contribution is -2.39. The molecule has 0 saturated carbocycles. The van der Waals surface area contributed by atoms with Crippen LogP contribution in [0.1, 0.15) is 34.9 Å². The van der Waals surface area contributed by atoms with E-state index in [1.54, 1.807) is 12.4 Å². The Balaban J connectivity index is 1.55. The van der Waals surface area contributed by atoms with Crippen LogP contribution in [-0.2, 0) is 9.53 Å². The summed E-state index contributed by atoms with van der Waals surface area (Å²) in [7, 11) is 0. The molecule has 0 spiro atoms. The largest absolute Gasteiger partial charge is 0.479 e. The summed E-state index contributed by atoms with van der Waals surface area (Å²) in [6, 6.07) is 15.1. The van der Waals surface area contributed by atoms with Crippen LogP contribution in [0.25, 0.3) is 11.1 Å². The maximum atomic E-state index is 12.8. The summed E-state index contributed by atoms with van der Waals surface area (Å²) in [6.45, 7) is 2.10. The molecule has 0 fully saturated rings. The van der Waals surface area contributed by atoms with E-state index in [4.69, 9.17) is 4.74 Å². The third kappa shape index (κ3) is 3.49. The number of carboxylic acid groups (broad SMARTS) is 1. The second-order valence-electron chi connectivity index (χ2n) is 6.73. The first-order chi connectivity index (χ1) is 14.1. The Labute approximate surface area is 172 Å². The average molecular weight is 408 g/mol. The van der Waals surface area contributed by atoms with Gasteiger partial charge in [0.05, 0.1) is 10.4 Å². The second kappa shape index (κ2) is 8.05. The molecule has 1 unspecified atom stereocenters. The number of carbonyl (C=O) groups excluding carboxylic acids is 1. The lowest BCUT2D eigenvalue weighted by atomic mass is 9.98. The Kier molecular flexibility index (Phi) is 5.31. The van der Waals surface area contributed by atoms with Crippen LogP contribution in [0.15, 0.2) is 60.2 Å². The van der Waals surface area contributed by atoms with Crippen molar-refractivity contribution in [2.24, 2.45) is 0 Å². The molecule has 3 aromatic rings. The Morgan fingerprint density at radius 2 is 1.76 bits per heavy atom. The third-order valence-electron chi connectivity index (χ3n) is 5.18. The van der Waals surface area contributed by atoms with Gasteiger partial charge >= 0.3 is 12.1 Å². The molecule has 2 aromatic carbocycles. The van der Waals surface area contributed by atoms with E-state index in [0.717, 1.165) is 22.3 Å². The Bertz CT molecular complexity index is 989. The minimum atomic E-state index is -1.11. The minimum absolute atomic E-state index is 0.0725. The van der Waals surface area contributed by atoms with Crippen LogP contribution in [0.3, 0.4) is 0 Å². The van der Waals surface area contributed by atoms with Crippen LogP contribution in [0.4, 0.5) is 4.79 Å². The molecular weight excluding hydrogens is 388 g/mol. The zero-order chi connectivity index (χ0) is 20.4. The molecule has 148 valence electrons. The standard InChI is InChI=1S/C22H20N2O4S/c1-2-24(20(21(25)26)19-11-23-13-29-19)22(27)28-12-18-16-9-5-3-7-14(16)15-8-4-6-10-17(15)18/h3-11,13,18,20H,2,12H2,1H3,(H,25,26). The van der Waals surface area contributed by atoms with Gasteiger partial charge in [0, 0.05) is 18.7 Å². The second-order valence-corrected chi connectivity index (χ2v) is 7.65. The van der Waals surface area contributed by atoms with Crippen LogP contribution in [0.2, 0.25) is 0 Å². The van der Waals surface area contributed by atoms with Crippen LogP contribution < -0.4 is 0 Å². The zero-order valence-electron chi connectivity index (χ0n) is 15.8. The quantitative estimate of drug-likeness (QED) is 0.648. The van der Waals surface area contributed by atoms with Gasteiger partial charge in [-0.1, -0.05) is 48.5 Å². The number of hydrogen-bond donors (Lipinski definition) is 1. The summed E-state index contributed by atoms with van der Waals surface area (Å²) in [5.41, 5.74) is 6.06. The number of nitrogens with zero attached hydrogens (tertiary/aromatic N) is 2. The fourth-order valence-corrected chi connectivity index (χ4v) is 4.59. The number of carbonyl (C=O) groups is 2. The van der Waals surface area contributed by atoms with Crippen molar-refractivity contribution in [1.29, 1.82) is 0 Å². The minimum Gasteiger partial charge on any atom is -0.479 e. The highest BCUT2D eigenvalue weighted by molar-refractivity contribution is 7.09. The van der Waals surface area contributed by atoms with E-state index in [0.29, 0.717) is 4.88 Å². The number of rotatable bonds is 6. The van der Waals surface area contributed by atoms with E-state index in [-0.39, 0.29) is 19.1 Å². The third-order valence-corrected chi connectivity index (χ3v) is 6.01. The van der Waals surface area contributed by atoms with E-state index in [1.807, 2.05) is 36.4 Å². The van der Waals surface area contributed by atoms with Gasteiger partial charge in [0.15, 0.2) is 6.04 Å². The first kappa shape index (κ1) is 19.1. The van der Waals surface area contributed by atoms with Crippen molar-refractivity contribution in [3.63, 3.8) is 0 Å². The average Bonchev–Trinajstić information content (AvgIpc) is 3.36. The van der Waals surface area contributed by atoms with Crippen molar-refractivity contribution < 1.29 is 19.4 Å². The monoisotopic (exact) mass is 408 g/mol. The van der Waals surface area contributed by atoms with Gasteiger partial charge in [0.25, 0.3) is 0 Å². The van der Waals surface area contributed by atoms with E-state index in [1.165, 1.54) is 22.4 Å². The van der Waals surface area contributed by atoms with Gasteiger partial charge in [-0.2, -0.15) is 0 Å². The van der Waals surface area contributed by atoms with Crippen molar-refractivity contribution >= 4 is 23.4 Å². The van der Waals surface area contributed by atoms with Crippen LogP contribution in [0, 0.1) is 0 Å². The van der Waals surface area contributed by atoms with Crippen molar-refractivity contribution in [3.05, 3.63) is 76.2 Å². The predicted molar refractivity (Wildman–Crippen MR) is 110 cm³/mol. The maximum absolute atomic E-state index is 12.8. The summed E-state index contributed by atoms with van der Waals surface area (Å²) >= 11 is 1.20. The molecule has 1 atom stereocenters. The number of ether oxygens (including phenoxy) is 1. The molecule has 4 rings (SSSR count). The predicted octanol–water partition coefficient (Wildman–Crippen LogP) is 4.54. The van der Waals surface area contributed by atoms with Gasteiger partial charge in [-0.05, 0) is 29.2 Å². The first-order valence-corrected chi connectivity index (χ1v) is 10.2. The van der Waals surface area contributed by atoms with Gasteiger partial charge < -0.3 is 9.84 Å². The molecule has 1 heterocycles. The van der Waals surface area contributed by atoms with Crippen LogP contribution in [-0.4, -0.2) is 40.2 Å². The number of fused-ring (bicyclic) bond motifs is 3. The highest BCUT2D eigenvalue weighted by atomic mass is 32.1. The molecule has 0 saturated heterocycles. The van der Waals surface area contributed by atoms with E-state index in [9.17, 15) is 14.7 Å². The molecule has 1 aliphatic rings. The highest BCUT2D eigenvalue weighted by Gasteiger charge is 2.34. The van der Waals surface area contributed by atoms with Crippen LogP contribution in [0.5, 0.6) is 0 Å². The smallest absolute Gasteiger partial charge is 0.410 e. The fourth-order valence-electron chi connectivity index (χ4n) is 3.86. The van der Waals surface area contributed by atoms with Gasteiger partial charge in [0.2, 0.25) is 0 Å². The Hall–Kier alpha value is -3.19. The summed E-state index contributed by atoms with van der Waals surface area (Å²) < 4.78 is 5.63. The van der Waals surface area contributed by atoms with E-state index in [2.05, 4.69) is 17.1 Å². The van der Waals surface area contributed by atoms with Gasteiger partial charge in [-0.25, -0.2) is 9.59 Å². The number of hydrogen-bond acceptors (Lipinski definition) is 5. The fraction of sp³-hybridized carbons (Fsp3) is 0.227. The molecule has 1 amide bonds. The normalized spacial score (nSPS) is 13.4. The number of benzene rings is 2. The van der Waals surface area contributed by atoms with Gasteiger partial charge in [-0.3, -0.25) is 9.88 Å². The van der Waals surface area contributed by atoms with Crippen molar-refractivity contribution in [2.75, 3.05) is 13.2 Å². The van der Waals surface area contributed by atoms with E-state index < -0.39 is 18.1 Å². The molecule has 0 aliphatic heterocycles. The number of thiazole rings is 1. The summed E-state index contributed by atoms with van der Waals surface area (Å²) in [4.78, 5) is 30.3. The van der Waals surface area contributed by atoms with Crippen LogP contribution >= 0.6 is 11.3 Å². The molecule has 6 nitrogen and oxygen atoms in total. The van der Waals surface area contributed by atoms with Crippen molar-refractivity contribution in [2.45, 2.75) is 18.9 Å². The molecule has 0 bridgehead atoms. The van der Waals surface area contributed by atoms with Crippen molar-refractivity contribution in [1.82, 2.24) is 9.88 Å². The Morgan fingerprint density at radius 3 is 2.28 bits per heavy atom. The van der Waals surface area contributed by atoms with E-state index >= 15 is 0 Å². The molecule has 1 N–H and O–H groups in total. The summed E-state index contributed by atoms with van der Waals surface area (Å²) in [5, 5.41) is 9.66. The summed E-state index contributed by atoms with van der Waals surface area (Å²) in [6.07, 6.45) is 0.832. The van der Waals surface area contributed by atoms with Gasteiger partial charge in [0.1, 0.15) is 6.61 Å². The number of aromatic nitrogens is 1. The molecule has 1 aromatic heterocycles. The lowest BCUT2D eigenvalue weighted by Gasteiger charge is -2.27. The number of carboxylic acids is 1. The molecule has 0 radical (unpaired) electrons. The van der Waals surface area contributed by atoms with Gasteiger partial charge in [-0.15, -0.1) is 11.3 Å². The maximum Gasteiger partial charge on any atom is 0.410 e. The SMILES string of the molecule is CCN(C(=O)OCC1c2ccccc2-c2ccccc21)C(C(=O)O)c1cncs1. The molecular formula is C22H20N2O4S. The molecule has 29 heavy (non-hydrogen) atoms. The summed E-state index contributed by atoms with van der Waals surface area (Å²) in [5.74, 6) is -1.18. The lowest BCUT2D eigenvalue weighted by molar-refractivity contribution is -0.142. The molecule has 1 aliphatic carbocycles. The van der Waals surface area contributed by atoms with Crippen molar-refractivity contribution in [3.8, 4) is 11.1 Å². The molecule has 7 heteroatoms. The first-order valence-electron chi connectivity index (χ1n) is 9.34.